The van der Waals surface area contributed by atoms with Crippen molar-refractivity contribution in [2.24, 2.45) is 0 Å². The molecule has 1 aromatic rings. The van der Waals surface area contributed by atoms with Gasteiger partial charge in [0.05, 0.1) is 12.2 Å². The third kappa shape index (κ3) is 4.35. The van der Waals surface area contributed by atoms with Gasteiger partial charge in [-0.2, -0.15) is 0 Å². The van der Waals surface area contributed by atoms with E-state index in [0.29, 0.717) is 42.6 Å². The molecule has 1 heterocycles. The van der Waals surface area contributed by atoms with Crippen molar-refractivity contribution in [3.8, 4) is 5.75 Å². The van der Waals surface area contributed by atoms with Crippen LogP contribution in [-0.4, -0.2) is 56.3 Å². The number of carbonyl (C=O) groups excluding carboxylic acids is 1. The van der Waals surface area contributed by atoms with Crippen LogP contribution in [0.15, 0.2) is 18.2 Å². The van der Waals surface area contributed by atoms with Gasteiger partial charge < -0.3 is 19.7 Å². The Morgan fingerprint density at radius 1 is 1.32 bits per heavy atom. The minimum atomic E-state index is -0.0462. The lowest BCUT2D eigenvalue weighted by molar-refractivity contribution is 0.0667. The predicted molar refractivity (Wildman–Crippen MR) is 86.8 cm³/mol. The highest BCUT2D eigenvalue weighted by Gasteiger charge is 2.27. The molecule has 0 aliphatic carbocycles. The molecule has 1 N–H and O–H groups in total. The van der Waals surface area contributed by atoms with Crippen molar-refractivity contribution in [2.45, 2.75) is 25.9 Å². The maximum atomic E-state index is 12.8. The monoisotopic (exact) mass is 326 g/mol. The van der Waals surface area contributed by atoms with Crippen molar-refractivity contribution in [3.05, 3.63) is 28.8 Å². The maximum Gasteiger partial charge on any atom is 0.257 e. The highest BCUT2D eigenvalue weighted by atomic mass is 35.5. The lowest BCUT2D eigenvalue weighted by Gasteiger charge is -2.36. The molecule has 0 radical (unpaired) electrons. The number of amides is 1. The number of hydrogen-bond acceptors (Lipinski definition) is 4. The minimum Gasteiger partial charge on any atom is -0.490 e. The van der Waals surface area contributed by atoms with Crippen LogP contribution in [0, 0.1) is 0 Å². The van der Waals surface area contributed by atoms with Gasteiger partial charge in [-0.25, -0.2) is 0 Å². The van der Waals surface area contributed by atoms with E-state index in [0.717, 1.165) is 0 Å². The third-order valence-corrected chi connectivity index (χ3v) is 3.80. The van der Waals surface area contributed by atoms with Crippen LogP contribution in [-0.2, 0) is 4.74 Å². The summed E-state index contributed by atoms with van der Waals surface area (Å²) in [5.41, 5.74) is 0.505. The standard InChI is InChI=1S/C16H23ClN2O3/c1-11-9-19(10-12(2)18-11)16(20)14-8-13(17)4-5-15(14)22-7-6-21-3/h4-5,8,11-12,18H,6-7,9-10H2,1-3H3/t11-,12-/m0/s1. The number of benzene rings is 1. The van der Waals surface area contributed by atoms with Gasteiger partial charge >= 0.3 is 0 Å². The van der Waals surface area contributed by atoms with Gasteiger partial charge in [0, 0.05) is 37.3 Å². The molecule has 122 valence electrons. The van der Waals surface area contributed by atoms with E-state index < -0.39 is 0 Å². The highest BCUT2D eigenvalue weighted by molar-refractivity contribution is 6.31. The molecule has 1 saturated heterocycles. The number of nitrogens with one attached hydrogen (secondary N) is 1. The average Bonchev–Trinajstić information content (AvgIpc) is 2.47. The Balaban J connectivity index is 2.18. The van der Waals surface area contributed by atoms with Gasteiger partial charge in [-0.1, -0.05) is 11.6 Å². The molecule has 1 amide bonds. The zero-order chi connectivity index (χ0) is 16.1. The van der Waals surface area contributed by atoms with E-state index in [-0.39, 0.29) is 18.0 Å². The minimum absolute atomic E-state index is 0.0462. The fourth-order valence-corrected chi connectivity index (χ4v) is 2.87. The molecule has 0 saturated carbocycles. The Hall–Kier alpha value is -1.30. The first-order chi connectivity index (χ1) is 10.5. The number of piperazine rings is 1. The third-order valence-electron chi connectivity index (χ3n) is 3.56. The van der Waals surface area contributed by atoms with Gasteiger partial charge in [-0.3, -0.25) is 4.79 Å². The van der Waals surface area contributed by atoms with Gasteiger partial charge in [-0.15, -0.1) is 0 Å². The Morgan fingerprint density at radius 2 is 2.00 bits per heavy atom. The van der Waals surface area contributed by atoms with E-state index in [1.807, 2.05) is 4.90 Å². The van der Waals surface area contributed by atoms with E-state index in [1.165, 1.54) is 0 Å². The number of methoxy groups -OCH3 is 1. The van der Waals surface area contributed by atoms with Crippen LogP contribution in [0.3, 0.4) is 0 Å². The number of nitrogens with zero attached hydrogens (tertiary/aromatic N) is 1. The Bertz CT molecular complexity index is 514. The lowest BCUT2D eigenvalue weighted by Crippen LogP contribution is -2.55. The van der Waals surface area contributed by atoms with E-state index in [9.17, 15) is 4.79 Å². The smallest absolute Gasteiger partial charge is 0.257 e. The Kier molecular flexibility index (Phi) is 6.06. The molecular formula is C16H23ClN2O3. The van der Waals surface area contributed by atoms with E-state index in [4.69, 9.17) is 21.1 Å². The molecule has 0 unspecified atom stereocenters. The second-order valence-electron chi connectivity index (χ2n) is 5.66. The van der Waals surface area contributed by atoms with Gasteiger partial charge in [-0.05, 0) is 32.0 Å². The van der Waals surface area contributed by atoms with Crippen molar-refractivity contribution >= 4 is 17.5 Å². The highest BCUT2D eigenvalue weighted by Crippen LogP contribution is 2.25. The normalized spacial score (nSPS) is 21.7. The molecule has 2 atom stereocenters. The molecule has 0 bridgehead atoms. The Morgan fingerprint density at radius 3 is 2.64 bits per heavy atom. The van der Waals surface area contributed by atoms with Gasteiger partial charge in [0.1, 0.15) is 12.4 Å². The summed E-state index contributed by atoms with van der Waals surface area (Å²) in [7, 11) is 1.61. The summed E-state index contributed by atoms with van der Waals surface area (Å²) in [5.74, 6) is 0.500. The second kappa shape index (κ2) is 7.81. The second-order valence-corrected chi connectivity index (χ2v) is 6.10. The van der Waals surface area contributed by atoms with Crippen LogP contribution in [0.25, 0.3) is 0 Å². The fraction of sp³-hybridized carbons (Fsp3) is 0.562. The number of hydrogen-bond donors (Lipinski definition) is 1. The van der Waals surface area contributed by atoms with Crippen molar-refractivity contribution in [3.63, 3.8) is 0 Å². The molecule has 1 fully saturated rings. The molecule has 1 aliphatic rings. The van der Waals surface area contributed by atoms with Crippen molar-refractivity contribution in [2.75, 3.05) is 33.4 Å². The quantitative estimate of drug-likeness (QED) is 0.843. The predicted octanol–water partition coefficient (Wildman–Crippen LogP) is 2.19. The van der Waals surface area contributed by atoms with Crippen molar-refractivity contribution in [1.29, 1.82) is 0 Å². The van der Waals surface area contributed by atoms with Crippen molar-refractivity contribution < 1.29 is 14.3 Å². The summed E-state index contributed by atoms with van der Waals surface area (Å²) in [6, 6.07) is 5.67. The molecule has 1 aromatic carbocycles. The topological polar surface area (TPSA) is 50.8 Å². The molecule has 22 heavy (non-hydrogen) atoms. The molecule has 0 aromatic heterocycles. The molecular weight excluding hydrogens is 304 g/mol. The zero-order valence-corrected chi connectivity index (χ0v) is 14.0. The molecule has 1 aliphatic heterocycles. The molecule has 0 spiro atoms. The van der Waals surface area contributed by atoms with Crippen LogP contribution in [0.4, 0.5) is 0 Å². The first-order valence-electron chi connectivity index (χ1n) is 7.48. The van der Waals surface area contributed by atoms with E-state index >= 15 is 0 Å². The van der Waals surface area contributed by atoms with E-state index in [1.54, 1.807) is 25.3 Å². The van der Waals surface area contributed by atoms with Crippen molar-refractivity contribution in [1.82, 2.24) is 10.2 Å². The van der Waals surface area contributed by atoms with Crippen LogP contribution in [0.2, 0.25) is 5.02 Å². The summed E-state index contributed by atoms with van der Waals surface area (Å²) in [6.45, 7) is 6.36. The number of rotatable bonds is 5. The summed E-state index contributed by atoms with van der Waals surface area (Å²) in [5, 5.41) is 3.94. The maximum absolute atomic E-state index is 12.8. The Labute approximate surface area is 136 Å². The number of halogens is 1. The van der Waals surface area contributed by atoms with E-state index in [2.05, 4.69) is 19.2 Å². The molecule has 6 heteroatoms. The molecule has 2 rings (SSSR count). The summed E-state index contributed by atoms with van der Waals surface area (Å²) in [4.78, 5) is 14.7. The van der Waals surface area contributed by atoms with Gasteiger partial charge in [0.2, 0.25) is 0 Å². The summed E-state index contributed by atoms with van der Waals surface area (Å²) in [6.07, 6.45) is 0. The number of ether oxygens (including phenoxy) is 2. The van der Waals surface area contributed by atoms with Gasteiger partial charge in [0.15, 0.2) is 0 Å². The first kappa shape index (κ1) is 17.1. The summed E-state index contributed by atoms with van der Waals surface area (Å²) >= 11 is 6.06. The van der Waals surface area contributed by atoms with Gasteiger partial charge in [0.25, 0.3) is 5.91 Å². The number of carbonyl (C=O) groups is 1. The first-order valence-corrected chi connectivity index (χ1v) is 7.85. The molecule has 5 nitrogen and oxygen atoms in total. The largest absolute Gasteiger partial charge is 0.490 e. The van der Waals surface area contributed by atoms with Crippen LogP contribution >= 0.6 is 11.6 Å². The average molecular weight is 327 g/mol. The summed E-state index contributed by atoms with van der Waals surface area (Å²) < 4.78 is 10.6. The zero-order valence-electron chi connectivity index (χ0n) is 13.3. The van der Waals surface area contributed by atoms with Crippen LogP contribution in [0.5, 0.6) is 5.75 Å². The lowest BCUT2D eigenvalue weighted by atomic mass is 10.1. The van der Waals surface area contributed by atoms with Crippen LogP contribution < -0.4 is 10.1 Å². The van der Waals surface area contributed by atoms with Crippen LogP contribution in [0.1, 0.15) is 24.2 Å². The fourth-order valence-electron chi connectivity index (χ4n) is 2.69. The SMILES string of the molecule is COCCOc1ccc(Cl)cc1C(=O)N1C[C@H](C)N[C@@H](C)C1.